The highest BCUT2D eigenvalue weighted by atomic mass is 79.9. The van der Waals surface area contributed by atoms with Crippen molar-refractivity contribution < 1.29 is 15.1 Å². The van der Waals surface area contributed by atoms with Gasteiger partial charge in [-0.3, -0.25) is 4.79 Å². The zero-order valence-corrected chi connectivity index (χ0v) is 8.02. The van der Waals surface area contributed by atoms with Crippen LogP contribution in [0.2, 0.25) is 0 Å². The summed E-state index contributed by atoms with van der Waals surface area (Å²) in [6, 6.07) is 6.01. The monoisotopic (exact) mass is 243 g/mol. The van der Waals surface area contributed by atoms with Gasteiger partial charge in [-0.2, -0.15) is 0 Å². The van der Waals surface area contributed by atoms with Gasteiger partial charge in [-0.05, 0) is 28.1 Å². The number of ketones is 1. The number of benzene rings is 1. The van der Waals surface area contributed by atoms with E-state index < -0.39 is 5.78 Å². The zero-order chi connectivity index (χ0) is 9.84. The first-order valence-electron chi connectivity index (χ1n) is 3.37. The summed E-state index contributed by atoms with van der Waals surface area (Å²) in [4.78, 5) is 11.3. The summed E-state index contributed by atoms with van der Waals surface area (Å²) in [5.74, 6) is -0.714. The molecule has 0 aliphatic carbocycles. The van der Waals surface area contributed by atoms with Gasteiger partial charge in [0.2, 0.25) is 5.78 Å². The van der Waals surface area contributed by atoms with E-state index in [4.69, 9.17) is 5.21 Å². The first-order valence-corrected chi connectivity index (χ1v) is 4.16. The molecule has 0 aromatic heterocycles. The maximum absolute atomic E-state index is 11.3. The molecule has 0 aliphatic rings. The number of rotatable bonds is 2. The summed E-state index contributed by atoms with van der Waals surface area (Å²) >= 11 is 2.75. The molecule has 1 aromatic rings. The number of phenols is 1. The van der Waals surface area contributed by atoms with E-state index in [0.29, 0.717) is 0 Å². The third-order valence-corrected chi connectivity index (χ3v) is 1.94. The number of oxime groups is 1. The molecule has 0 unspecified atom stereocenters. The topological polar surface area (TPSA) is 69.9 Å². The van der Waals surface area contributed by atoms with Crippen molar-refractivity contribution >= 4 is 26.3 Å². The van der Waals surface area contributed by atoms with Crippen molar-refractivity contribution in [2.45, 2.75) is 0 Å². The summed E-state index contributed by atoms with van der Waals surface area (Å²) in [6.45, 7) is 0. The highest BCUT2D eigenvalue weighted by molar-refractivity contribution is 9.19. The molecule has 0 aliphatic heterocycles. The van der Waals surface area contributed by atoms with E-state index in [0.717, 1.165) is 0 Å². The van der Waals surface area contributed by atoms with Crippen molar-refractivity contribution in [2.24, 2.45) is 5.16 Å². The Morgan fingerprint density at radius 1 is 1.38 bits per heavy atom. The van der Waals surface area contributed by atoms with E-state index in [1.807, 2.05) is 0 Å². The first-order chi connectivity index (χ1) is 6.16. The quantitative estimate of drug-likeness (QED) is 0.360. The Morgan fingerprint density at radius 2 is 2.00 bits per heavy atom. The summed E-state index contributed by atoms with van der Waals surface area (Å²) < 4.78 is -0.242. The Morgan fingerprint density at radius 3 is 2.54 bits per heavy atom. The Hall–Kier alpha value is -1.36. The van der Waals surface area contributed by atoms with E-state index in [2.05, 4.69) is 21.1 Å². The molecule has 68 valence electrons. The predicted octanol–water partition coefficient (Wildman–Crippen LogP) is 1.76. The van der Waals surface area contributed by atoms with E-state index >= 15 is 0 Å². The molecule has 0 amide bonds. The number of carbonyl (C=O) groups is 1. The Balaban J connectivity index is 3.10. The van der Waals surface area contributed by atoms with E-state index in [1.54, 1.807) is 12.1 Å². The van der Waals surface area contributed by atoms with Crippen LogP contribution in [0.15, 0.2) is 29.4 Å². The van der Waals surface area contributed by atoms with Gasteiger partial charge in [0, 0.05) is 0 Å². The Labute approximate surface area is 82.6 Å². The van der Waals surface area contributed by atoms with Crippen LogP contribution in [0, 0.1) is 0 Å². The van der Waals surface area contributed by atoms with Crippen LogP contribution in [0.5, 0.6) is 5.75 Å². The molecule has 0 saturated carbocycles. The van der Waals surface area contributed by atoms with Crippen LogP contribution in [-0.4, -0.2) is 20.7 Å². The predicted molar refractivity (Wildman–Crippen MR) is 50.6 cm³/mol. The fourth-order valence-electron chi connectivity index (χ4n) is 0.822. The molecule has 1 rings (SSSR count). The highest BCUT2D eigenvalue weighted by Gasteiger charge is 2.14. The molecule has 5 heteroatoms. The normalized spacial score (nSPS) is 11.3. The Bertz CT molecular complexity index is 362. The van der Waals surface area contributed by atoms with Gasteiger partial charge in [0.25, 0.3) is 0 Å². The second kappa shape index (κ2) is 4.04. The van der Waals surface area contributed by atoms with Gasteiger partial charge < -0.3 is 10.3 Å². The Kier molecular flexibility index (Phi) is 3.02. The molecule has 0 radical (unpaired) electrons. The van der Waals surface area contributed by atoms with Crippen LogP contribution in [0.25, 0.3) is 0 Å². The molecule has 0 atom stereocenters. The number of halogens is 1. The van der Waals surface area contributed by atoms with Gasteiger partial charge in [0.15, 0.2) is 4.62 Å². The molecule has 0 bridgehead atoms. The molecule has 2 N–H and O–H groups in total. The van der Waals surface area contributed by atoms with Gasteiger partial charge in [0.1, 0.15) is 5.75 Å². The number of aromatic hydroxyl groups is 1. The van der Waals surface area contributed by atoms with Crippen molar-refractivity contribution in [3.63, 3.8) is 0 Å². The number of hydrogen-bond donors (Lipinski definition) is 2. The largest absolute Gasteiger partial charge is 0.507 e. The van der Waals surface area contributed by atoms with Crippen LogP contribution in [0.4, 0.5) is 0 Å². The second-order valence-electron chi connectivity index (χ2n) is 2.24. The SMILES string of the molecule is O=C(C(Br)=NO)c1ccccc1O. The number of hydrogen-bond acceptors (Lipinski definition) is 4. The maximum atomic E-state index is 11.3. The third kappa shape index (κ3) is 2.06. The summed E-state index contributed by atoms with van der Waals surface area (Å²) in [5, 5.41) is 20.2. The smallest absolute Gasteiger partial charge is 0.225 e. The highest BCUT2D eigenvalue weighted by Crippen LogP contribution is 2.17. The molecule has 4 nitrogen and oxygen atoms in total. The van der Waals surface area contributed by atoms with Gasteiger partial charge in [-0.1, -0.05) is 17.3 Å². The van der Waals surface area contributed by atoms with E-state index in [1.165, 1.54) is 12.1 Å². The van der Waals surface area contributed by atoms with Crippen molar-refractivity contribution in [1.82, 2.24) is 0 Å². The maximum Gasteiger partial charge on any atom is 0.225 e. The summed E-state index contributed by atoms with van der Waals surface area (Å²) in [5.41, 5.74) is 0.0900. The van der Waals surface area contributed by atoms with Crippen LogP contribution in [0.1, 0.15) is 10.4 Å². The lowest BCUT2D eigenvalue weighted by Gasteiger charge is -1.99. The molecule has 13 heavy (non-hydrogen) atoms. The van der Waals surface area contributed by atoms with Crippen molar-refractivity contribution in [1.29, 1.82) is 0 Å². The molecule has 0 heterocycles. The zero-order valence-electron chi connectivity index (χ0n) is 6.44. The first kappa shape index (κ1) is 9.73. The number of Topliss-reactive ketones (excluding diaryl/α,β-unsaturated/α-hetero) is 1. The summed E-state index contributed by atoms with van der Waals surface area (Å²) in [7, 11) is 0. The number of phenolic OH excluding ortho intramolecular Hbond substituents is 1. The van der Waals surface area contributed by atoms with Crippen molar-refractivity contribution in [3.05, 3.63) is 29.8 Å². The van der Waals surface area contributed by atoms with Crippen LogP contribution < -0.4 is 0 Å². The number of carbonyl (C=O) groups excluding carboxylic acids is 1. The number of para-hydroxylation sites is 1. The summed E-state index contributed by atoms with van der Waals surface area (Å²) in [6.07, 6.45) is 0. The lowest BCUT2D eigenvalue weighted by atomic mass is 10.1. The van der Waals surface area contributed by atoms with Crippen LogP contribution in [0.3, 0.4) is 0 Å². The van der Waals surface area contributed by atoms with E-state index in [-0.39, 0.29) is 15.9 Å². The van der Waals surface area contributed by atoms with Gasteiger partial charge >= 0.3 is 0 Å². The molecule has 1 aromatic carbocycles. The van der Waals surface area contributed by atoms with Gasteiger partial charge in [-0.25, -0.2) is 0 Å². The number of nitrogens with zero attached hydrogens (tertiary/aromatic N) is 1. The second-order valence-corrected chi connectivity index (χ2v) is 2.99. The molecule has 0 spiro atoms. The molecular weight excluding hydrogens is 238 g/mol. The fourth-order valence-corrected chi connectivity index (χ4v) is 1.04. The molecular formula is C8H6BrNO3. The van der Waals surface area contributed by atoms with Crippen molar-refractivity contribution in [2.75, 3.05) is 0 Å². The lowest BCUT2D eigenvalue weighted by Crippen LogP contribution is -2.07. The third-order valence-electron chi connectivity index (χ3n) is 1.42. The molecule has 0 fully saturated rings. The minimum atomic E-state index is -0.569. The standard InChI is InChI=1S/C8H6BrNO3/c9-8(10-13)7(12)5-3-1-2-4-6(5)11/h1-4,11,13H. The minimum absolute atomic E-state index is 0.0900. The van der Waals surface area contributed by atoms with Crippen molar-refractivity contribution in [3.8, 4) is 5.75 Å². The van der Waals surface area contributed by atoms with Crippen LogP contribution >= 0.6 is 15.9 Å². The van der Waals surface area contributed by atoms with Crippen LogP contribution in [-0.2, 0) is 0 Å². The average Bonchev–Trinajstić information content (AvgIpc) is 2.16. The van der Waals surface area contributed by atoms with E-state index in [9.17, 15) is 9.90 Å². The average molecular weight is 244 g/mol. The fraction of sp³-hybridized carbons (Fsp3) is 0. The van der Waals surface area contributed by atoms with Gasteiger partial charge in [0.05, 0.1) is 5.56 Å². The van der Waals surface area contributed by atoms with Gasteiger partial charge in [-0.15, -0.1) is 0 Å². The minimum Gasteiger partial charge on any atom is -0.507 e. The lowest BCUT2D eigenvalue weighted by molar-refractivity contribution is 0.106. The molecule has 0 saturated heterocycles.